The van der Waals surface area contributed by atoms with Gasteiger partial charge in [0.05, 0.1) is 12.1 Å². The van der Waals surface area contributed by atoms with E-state index in [1.165, 1.54) is 0 Å². The first-order valence-electron chi connectivity index (χ1n) is 5.46. The summed E-state index contributed by atoms with van der Waals surface area (Å²) in [5.41, 5.74) is 0. The molecule has 0 aliphatic carbocycles. The van der Waals surface area contributed by atoms with Gasteiger partial charge in [-0.25, -0.2) is 9.59 Å². The zero-order valence-corrected chi connectivity index (χ0v) is 9.53. The van der Waals surface area contributed by atoms with Gasteiger partial charge in [-0.15, -0.1) is 0 Å². The smallest absolute Gasteiger partial charge is 0.326 e. The molecule has 92 valence electrons. The third-order valence-corrected chi connectivity index (χ3v) is 2.70. The molecule has 1 aliphatic rings. The van der Waals surface area contributed by atoms with Crippen LogP contribution in [0, 0.1) is 0 Å². The summed E-state index contributed by atoms with van der Waals surface area (Å²) < 4.78 is 5.29. The van der Waals surface area contributed by atoms with Crippen LogP contribution in [0.1, 0.15) is 26.7 Å². The van der Waals surface area contributed by atoms with Gasteiger partial charge in [0, 0.05) is 6.61 Å². The van der Waals surface area contributed by atoms with Gasteiger partial charge >= 0.3 is 12.0 Å². The van der Waals surface area contributed by atoms with Gasteiger partial charge in [0.1, 0.15) is 6.04 Å². The highest BCUT2D eigenvalue weighted by Gasteiger charge is 2.26. The molecule has 1 fully saturated rings. The van der Waals surface area contributed by atoms with E-state index in [9.17, 15) is 9.59 Å². The molecule has 0 aromatic carbocycles. The number of carbonyl (C=O) groups excluding carboxylic acids is 1. The SMILES string of the molecule is CC[C@@H](NC(=O)NC1CCOC1C)C(=O)O. The number of amides is 2. The molecule has 16 heavy (non-hydrogen) atoms. The van der Waals surface area contributed by atoms with Crippen molar-refractivity contribution in [3.05, 3.63) is 0 Å². The van der Waals surface area contributed by atoms with Gasteiger partial charge in [0.2, 0.25) is 0 Å². The summed E-state index contributed by atoms with van der Waals surface area (Å²) in [5.74, 6) is -1.02. The predicted molar refractivity (Wildman–Crippen MR) is 57.2 cm³/mol. The minimum absolute atomic E-state index is 0.0179. The maximum Gasteiger partial charge on any atom is 0.326 e. The van der Waals surface area contributed by atoms with Crippen molar-refractivity contribution in [2.24, 2.45) is 0 Å². The van der Waals surface area contributed by atoms with Crippen LogP contribution in [0.2, 0.25) is 0 Å². The number of carboxylic acids is 1. The minimum Gasteiger partial charge on any atom is -0.480 e. The fraction of sp³-hybridized carbons (Fsp3) is 0.800. The van der Waals surface area contributed by atoms with E-state index in [0.29, 0.717) is 13.0 Å². The summed E-state index contributed by atoms with van der Waals surface area (Å²) in [4.78, 5) is 22.2. The van der Waals surface area contributed by atoms with Crippen molar-refractivity contribution in [3.8, 4) is 0 Å². The van der Waals surface area contributed by atoms with Gasteiger partial charge < -0.3 is 20.5 Å². The van der Waals surface area contributed by atoms with Crippen molar-refractivity contribution in [3.63, 3.8) is 0 Å². The lowest BCUT2D eigenvalue weighted by molar-refractivity contribution is -0.139. The van der Waals surface area contributed by atoms with Crippen molar-refractivity contribution in [1.82, 2.24) is 10.6 Å². The van der Waals surface area contributed by atoms with E-state index >= 15 is 0 Å². The highest BCUT2D eigenvalue weighted by molar-refractivity contribution is 5.82. The van der Waals surface area contributed by atoms with Crippen LogP contribution in [0.5, 0.6) is 0 Å². The number of hydrogen-bond acceptors (Lipinski definition) is 3. The molecule has 6 heteroatoms. The van der Waals surface area contributed by atoms with Gasteiger partial charge in [0.15, 0.2) is 0 Å². The van der Waals surface area contributed by atoms with Gasteiger partial charge in [-0.1, -0.05) is 6.92 Å². The molecule has 1 aliphatic heterocycles. The lowest BCUT2D eigenvalue weighted by Crippen LogP contribution is -2.50. The monoisotopic (exact) mass is 230 g/mol. The Morgan fingerprint density at radius 2 is 2.25 bits per heavy atom. The molecular weight excluding hydrogens is 212 g/mol. The third-order valence-electron chi connectivity index (χ3n) is 2.70. The number of rotatable bonds is 4. The zero-order chi connectivity index (χ0) is 12.1. The van der Waals surface area contributed by atoms with Crippen LogP contribution in [0.25, 0.3) is 0 Å². The van der Waals surface area contributed by atoms with Crippen LogP contribution >= 0.6 is 0 Å². The van der Waals surface area contributed by atoms with E-state index in [-0.39, 0.29) is 12.1 Å². The first-order valence-corrected chi connectivity index (χ1v) is 5.46. The van der Waals surface area contributed by atoms with Crippen LogP contribution in [0.15, 0.2) is 0 Å². The Balaban J connectivity index is 2.37. The number of hydrogen-bond donors (Lipinski definition) is 3. The van der Waals surface area contributed by atoms with E-state index in [0.717, 1.165) is 6.42 Å². The number of carbonyl (C=O) groups is 2. The average molecular weight is 230 g/mol. The average Bonchev–Trinajstić information content (AvgIpc) is 2.60. The summed E-state index contributed by atoms with van der Waals surface area (Å²) >= 11 is 0. The number of ether oxygens (including phenoxy) is 1. The molecule has 2 unspecified atom stereocenters. The molecule has 3 atom stereocenters. The second kappa shape index (κ2) is 5.69. The normalized spacial score (nSPS) is 26.1. The van der Waals surface area contributed by atoms with Gasteiger partial charge in [0.25, 0.3) is 0 Å². The van der Waals surface area contributed by atoms with Gasteiger partial charge in [-0.3, -0.25) is 0 Å². The molecule has 0 spiro atoms. The fourth-order valence-electron chi connectivity index (χ4n) is 1.63. The van der Waals surface area contributed by atoms with Crippen molar-refractivity contribution < 1.29 is 19.4 Å². The number of carboxylic acid groups (broad SMARTS) is 1. The molecule has 0 aromatic rings. The fourth-order valence-corrected chi connectivity index (χ4v) is 1.63. The first-order chi connectivity index (χ1) is 7.54. The second-order valence-electron chi connectivity index (χ2n) is 3.89. The summed E-state index contributed by atoms with van der Waals surface area (Å²) in [6.45, 7) is 4.22. The van der Waals surface area contributed by atoms with E-state index in [2.05, 4.69) is 10.6 Å². The molecular formula is C10H18N2O4. The van der Waals surface area contributed by atoms with E-state index in [4.69, 9.17) is 9.84 Å². The van der Waals surface area contributed by atoms with Crippen LogP contribution in [0.3, 0.4) is 0 Å². The highest BCUT2D eigenvalue weighted by atomic mass is 16.5. The van der Waals surface area contributed by atoms with Gasteiger partial charge in [-0.05, 0) is 19.8 Å². The van der Waals surface area contributed by atoms with E-state index in [1.807, 2.05) is 6.92 Å². The van der Waals surface area contributed by atoms with Crippen LogP contribution in [-0.4, -0.2) is 41.9 Å². The standard InChI is InChI=1S/C10H18N2O4/c1-3-7(9(13)14)11-10(15)12-8-4-5-16-6(8)2/h6-8H,3-5H2,1-2H3,(H,13,14)(H2,11,12,15)/t6?,7-,8?/m1/s1. The van der Waals surface area contributed by atoms with E-state index in [1.54, 1.807) is 6.92 Å². The molecule has 2 amide bonds. The molecule has 1 heterocycles. The summed E-state index contributed by atoms with van der Waals surface area (Å²) in [7, 11) is 0. The minimum atomic E-state index is -1.02. The van der Waals surface area contributed by atoms with Crippen LogP contribution < -0.4 is 10.6 Å². The third kappa shape index (κ3) is 3.37. The van der Waals surface area contributed by atoms with Crippen molar-refractivity contribution in [1.29, 1.82) is 0 Å². The van der Waals surface area contributed by atoms with Crippen LogP contribution in [-0.2, 0) is 9.53 Å². The van der Waals surface area contributed by atoms with Crippen LogP contribution in [0.4, 0.5) is 4.79 Å². The zero-order valence-electron chi connectivity index (χ0n) is 9.53. The largest absolute Gasteiger partial charge is 0.480 e. The molecule has 0 saturated carbocycles. The molecule has 1 rings (SSSR count). The predicted octanol–water partition coefficient (Wildman–Crippen LogP) is 0.326. The summed E-state index contributed by atoms with van der Waals surface area (Å²) in [5, 5.41) is 13.9. The lowest BCUT2D eigenvalue weighted by atomic mass is 10.1. The highest BCUT2D eigenvalue weighted by Crippen LogP contribution is 2.12. The molecule has 0 aromatic heterocycles. The molecule has 0 radical (unpaired) electrons. The van der Waals surface area contributed by atoms with Crippen molar-refractivity contribution >= 4 is 12.0 Å². The quantitative estimate of drug-likeness (QED) is 0.649. The number of aliphatic carboxylic acids is 1. The Labute approximate surface area is 94.3 Å². The Kier molecular flexibility index (Phi) is 4.54. The number of urea groups is 1. The molecule has 6 nitrogen and oxygen atoms in total. The Bertz CT molecular complexity index is 270. The number of nitrogens with one attached hydrogen (secondary N) is 2. The lowest BCUT2D eigenvalue weighted by Gasteiger charge is -2.18. The first kappa shape index (κ1) is 12.8. The molecule has 3 N–H and O–H groups in total. The second-order valence-corrected chi connectivity index (χ2v) is 3.89. The maximum absolute atomic E-state index is 11.5. The van der Waals surface area contributed by atoms with Crippen molar-refractivity contribution in [2.75, 3.05) is 6.61 Å². The van der Waals surface area contributed by atoms with E-state index < -0.39 is 18.0 Å². The summed E-state index contributed by atoms with van der Waals surface area (Å²) in [6, 6.07) is -1.32. The maximum atomic E-state index is 11.5. The topological polar surface area (TPSA) is 87.7 Å². The van der Waals surface area contributed by atoms with Gasteiger partial charge in [-0.2, -0.15) is 0 Å². The van der Waals surface area contributed by atoms with Crippen molar-refractivity contribution in [2.45, 2.75) is 44.9 Å². The Morgan fingerprint density at radius 3 is 2.69 bits per heavy atom. The molecule has 1 saturated heterocycles. The summed E-state index contributed by atoms with van der Waals surface area (Å²) in [6.07, 6.45) is 1.11. The molecule has 0 bridgehead atoms. The Hall–Kier alpha value is -1.30. The Morgan fingerprint density at radius 1 is 1.56 bits per heavy atom.